The molecule has 1 unspecified atom stereocenters. The average Bonchev–Trinajstić information content (AvgIpc) is 2.92. The van der Waals surface area contributed by atoms with Gasteiger partial charge < -0.3 is 14.2 Å². The number of hydrogen-bond donors (Lipinski definition) is 0. The first kappa shape index (κ1) is 10.2. The van der Waals surface area contributed by atoms with Gasteiger partial charge in [-0.1, -0.05) is 6.08 Å². The summed E-state index contributed by atoms with van der Waals surface area (Å²) in [6.45, 7) is 5.43. The lowest BCUT2D eigenvalue weighted by molar-refractivity contribution is -0.145. The monoisotopic (exact) mass is 186 g/mol. The summed E-state index contributed by atoms with van der Waals surface area (Å²) in [5, 5.41) is 0. The minimum absolute atomic E-state index is 0.137. The van der Waals surface area contributed by atoms with Crippen molar-refractivity contribution in [3.8, 4) is 0 Å². The van der Waals surface area contributed by atoms with Crippen LogP contribution < -0.4 is 0 Å². The summed E-state index contributed by atoms with van der Waals surface area (Å²) in [4.78, 5) is 11.0. The van der Waals surface area contributed by atoms with Gasteiger partial charge >= 0.3 is 5.97 Å². The van der Waals surface area contributed by atoms with Gasteiger partial charge in [-0.25, -0.2) is 0 Å². The smallest absolute Gasteiger partial charge is 0.308 e. The summed E-state index contributed by atoms with van der Waals surface area (Å²) in [6, 6.07) is 0. The molecular weight excluding hydrogens is 172 g/mol. The van der Waals surface area contributed by atoms with Crippen molar-refractivity contribution in [2.24, 2.45) is 0 Å². The molecule has 74 valence electrons. The Balaban J connectivity index is 1.87. The Morgan fingerprint density at radius 1 is 1.69 bits per heavy atom. The molecule has 0 saturated carbocycles. The van der Waals surface area contributed by atoms with Crippen LogP contribution in [0.2, 0.25) is 0 Å². The number of carbonyl (C=O) groups excluding carboxylic acids is 1. The predicted molar refractivity (Wildman–Crippen MR) is 46.3 cm³/mol. The topological polar surface area (TPSA) is 48.1 Å². The van der Waals surface area contributed by atoms with Gasteiger partial charge in [0.15, 0.2) is 0 Å². The molecule has 0 amide bonds. The maximum absolute atomic E-state index is 11.0. The molecule has 1 aliphatic heterocycles. The molecule has 0 aromatic carbocycles. The first-order chi connectivity index (χ1) is 6.33. The summed E-state index contributed by atoms with van der Waals surface area (Å²) < 4.78 is 14.8. The molecule has 13 heavy (non-hydrogen) atoms. The highest BCUT2D eigenvalue weighted by Crippen LogP contribution is 2.08. The van der Waals surface area contributed by atoms with Crippen LogP contribution in [0.1, 0.15) is 6.42 Å². The maximum Gasteiger partial charge on any atom is 0.308 e. The SMILES string of the molecule is C=CCOCCC(=O)OCC1CO1. The lowest BCUT2D eigenvalue weighted by Crippen LogP contribution is -2.12. The van der Waals surface area contributed by atoms with Crippen LogP contribution in [0, 0.1) is 0 Å². The summed E-state index contributed by atoms with van der Waals surface area (Å²) in [6.07, 6.45) is 2.07. The second-order valence-electron chi connectivity index (χ2n) is 2.75. The number of carbonyl (C=O) groups is 1. The third kappa shape index (κ3) is 5.38. The standard InChI is InChI=1S/C9H14O4/c1-2-4-11-5-3-9(10)13-7-8-6-12-8/h2,8H,1,3-7H2. The van der Waals surface area contributed by atoms with Gasteiger partial charge in [-0.05, 0) is 0 Å². The Bertz CT molecular complexity index is 174. The van der Waals surface area contributed by atoms with Gasteiger partial charge in [0.2, 0.25) is 0 Å². The first-order valence-electron chi connectivity index (χ1n) is 4.29. The van der Waals surface area contributed by atoms with E-state index in [4.69, 9.17) is 14.2 Å². The van der Waals surface area contributed by atoms with Gasteiger partial charge in [0.25, 0.3) is 0 Å². The van der Waals surface area contributed by atoms with Crippen molar-refractivity contribution < 1.29 is 19.0 Å². The maximum atomic E-state index is 11.0. The fourth-order valence-corrected chi connectivity index (χ4v) is 0.744. The Morgan fingerprint density at radius 2 is 2.46 bits per heavy atom. The number of epoxide rings is 1. The van der Waals surface area contributed by atoms with Crippen LogP contribution in [0.4, 0.5) is 0 Å². The summed E-state index contributed by atoms with van der Waals surface area (Å²) in [7, 11) is 0. The number of esters is 1. The molecule has 0 radical (unpaired) electrons. The van der Waals surface area contributed by atoms with E-state index in [0.29, 0.717) is 32.8 Å². The van der Waals surface area contributed by atoms with Crippen molar-refractivity contribution in [3.05, 3.63) is 12.7 Å². The molecule has 0 N–H and O–H groups in total. The Morgan fingerprint density at radius 3 is 3.08 bits per heavy atom. The average molecular weight is 186 g/mol. The van der Waals surface area contributed by atoms with Gasteiger partial charge in [-0.3, -0.25) is 4.79 Å². The van der Waals surface area contributed by atoms with Gasteiger partial charge in [-0.2, -0.15) is 0 Å². The zero-order chi connectivity index (χ0) is 9.52. The number of rotatable bonds is 7. The van der Waals surface area contributed by atoms with Crippen LogP contribution >= 0.6 is 0 Å². The van der Waals surface area contributed by atoms with Crippen molar-refractivity contribution in [1.29, 1.82) is 0 Å². The minimum atomic E-state index is -0.237. The number of hydrogen-bond acceptors (Lipinski definition) is 4. The van der Waals surface area contributed by atoms with Crippen molar-refractivity contribution in [2.75, 3.05) is 26.4 Å². The van der Waals surface area contributed by atoms with Crippen molar-refractivity contribution in [1.82, 2.24) is 0 Å². The molecule has 0 spiro atoms. The second-order valence-corrected chi connectivity index (χ2v) is 2.75. The molecule has 1 fully saturated rings. The van der Waals surface area contributed by atoms with E-state index in [1.54, 1.807) is 6.08 Å². The van der Waals surface area contributed by atoms with Gasteiger partial charge in [-0.15, -0.1) is 6.58 Å². The van der Waals surface area contributed by atoms with E-state index in [1.807, 2.05) is 0 Å². The van der Waals surface area contributed by atoms with E-state index in [0.717, 1.165) is 0 Å². The van der Waals surface area contributed by atoms with E-state index in [9.17, 15) is 4.79 Å². The Labute approximate surface area is 77.5 Å². The van der Waals surface area contributed by atoms with E-state index in [2.05, 4.69) is 6.58 Å². The van der Waals surface area contributed by atoms with Gasteiger partial charge in [0.1, 0.15) is 12.7 Å². The largest absolute Gasteiger partial charge is 0.463 e. The van der Waals surface area contributed by atoms with Gasteiger partial charge in [0, 0.05) is 0 Å². The zero-order valence-electron chi connectivity index (χ0n) is 7.53. The van der Waals surface area contributed by atoms with E-state index >= 15 is 0 Å². The molecule has 0 bridgehead atoms. The highest BCUT2D eigenvalue weighted by atomic mass is 16.6. The highest BCUT2D eigenvalue weighted by Gasteiger charge is 2.23. The molecule has 1 saturated heterocycles. The first-order valence-corrected chi connectivity index (χ1v) is 4.29. The van der Waals surface area contributed by atoms with E-state index in [1.165, 1.54) is 0 Å². The van der Waals surface area contributed by atoms with Crippen molar-refractivity contribution >= 4 is 5.97 Å². The third-order valence-electron chi connectivity index (χ3n) is 1.52. The lowest BCUT2D eigenvalue weighted by Gasteiger charge is -2.02. The van der Waals surface area contributed by atoms with Crippen LogP contribution in [0.3, 0.4) is 0 Å². The van der Waals surface area contributed by atoms with E-state index in [-0.39, 0.29) is 12.1 Å². The molecule has 0 aromatic heterocycles. The number of ether oxygens (including phenoxy) is 3. The molecule has 1 heterocycles. The molecular formula is C9H14O4. The molecule has 1 aliphatic rings. The fraction of sp³-hybridized carbons (Fsp3) is 0.667. The quantitative estimate of drug-likeness (QED) is 0.252. The molecule has 0 aromatic rings. The highest BCUT2D eigenvalue weighted by molar-refractivity contribution is 5.69. The summed E-state index contributed by atoms with van der Waals surface area (Å²) >= 11 is 0. The minimum Gasteiger partial charge on any atom is -0.463 e. The predicted octanol–water partition coefficient (Wildman–Crippen LogP) is 0.521. The third-order valence-corrected chi connectivity index (χ3v) is 1.52. The molecule has 0 aliphatic carbocycles. The molecule has 1 atom stereocenters. The van der Waals surface area contributed by atoms with Gasteiger partial charge in [0.05, 0.1) is 26.2 Å². The second kappa shape index (κ2) is 5.72. The zero-order valence-corrected chi connectivity index (χ0v) is 7.53. The van der Waals surface area contributed by atoms with Crippen LogP contribution in [0.5, 0.6) is 0 Å². The molecule has 4 heteroatoms. The van der Waals surface area contributed by atoms with Crippen LogP contribution in [-0.4, -0.2) is 38.5 Å². The molecule has 1 rings (SSSR count). The molecule has 4 nitrogen and oxygen atoms in total. The normalized spacial score (nSPS) is 19.5. The Hall–Kier alpha value is -0.870. The Kier molecular flexibility index (Phi) is 4.49. The van der Waals surface area contributed by atoms with E-state index < -0.39 is 0 Å². The van der Waals surface area contributed by atoms with Crippen LogP contribution in [0.25, 0.3) is 0 Å². The summed E-state index contributed by atoms with van der Waals surface area (Å²) in [5.74, 6) is -0.237. The van der Waals surface area contributed by atoms with Crippen molar-refractivity contribution in [3.63, 3.8) is 0 Å². The lowest BCUT2D eigenvalue weighted by atomic mass is 10.4. The fourth-order valence-electron chi connectivity index (χ4n) is 0.744. The summed E-state index contributed by atoms with van der Waals surface area (Å²) in [5.41, 5.74) is 0. The van der Waals surface area contributed by atoms with Crippen molar-refractivity contribution in [2.45, 2.75) is 12.5 Å². The van der Waals surface area contributed by atoms with Crippen LogP contribution in [0.15, 0.2) is 12.7 Å². The van der Waals surface area contributed by atoms with Crippen LogP contribution in [-0.2, 0) is 19.0 Å².